The van der Waals surface area contributed by atoms with Gasteiger partial charge < -0.3 is 0 Å². The number of hydrogen-bond donors (Lipinski definition) is 1. The van der Waals surface area contributed by atoms with E-state index in [0.29, 0.717) is 5.92 Å². The zero-order chi connectivity index (χ0) is 7.84. The lowest BCUT2D eigenvalue weighted by Gasteiger charge is -2.11. The fourth-order valence-corrected chi connectivity index (χ4v) is 1.23. The summed E-state index contributed by atoms with van der Waals surface area (Å²) in [6.07, 6.45) is 3.92. The summed E-state index contributed by atoms with van der Waals surface area (Å²) in [5, 5.41) is 6.24. The SMILES string of the molecule is CC1C=Cc2n[nH]c(=O)n2C1. The van der Waals surface area contributed by atoms with Crippen LogP contribution in [0, 0.1) is 5.92 Å². The predicted octanol–water partition coefficient (Wildman–Crippen LogP) is 0.234. The van der Waals surface area contributed by atoms with Crippen LogP contribution < -0.4 is 5.69 Å². The molecule has 2 heterocycles. The van der Waals surface area contributed by atoms with Crippen LogP contribution in [0.5, 0.6) is 0 Å². The van der Waals surface area contributed by atoms with E-state index in [1.54, 1.807) is 4.57 Å². The summed E-state index contributed by atoms with van der Waals surface area (Å²) < 4.78 is 1.64. The van der Waals surface area contributed by atoms with Gasteiger partial charge in [0, 0.05) is 6.54 Å². The number of allylic oxidation sites excluding steroid dienone is 1. The zero-order valence-electron chi connectivity index (χ0n) is 6.24. The molecule has 4 heteroatoms. The average molecular weight is 151 g/mol. The van der Waals surface area contributed by atoms with Crippen LogP contribution in [-0.2, 0) is 6.54 Å². The van der Waals surface area contributed by atoms with E-state index in [2.05, 4.69) is 23.2 Å². The molecule has 1 N–H and O–H groups in total. The molecule has 0 spiro atoms. The minimum absolute atomic E-state index is 0.115. The molecule has 0 bridgehead atoms. The summed E-state index contributed by atoms with van der Waals surface area (Å²) in [5.74, 6) is 1.16. The van der Waals surface area contributed by atoms with E-state index >= 15 is 0 Å². The van der Waals surface area contributed by atoms with Gasteiger partial charge in [-0.3, -0.25) is 4.57 Å². The Labute approximate surface area is 63.5 Å². The maximum atomic E-state index is 11.0. The van der Waals surface area contributed by atoms with Crippen LogP contribution in [0.2, 0.25) is 0 Å². The minimum atomic E-state index is -0.115. The molecule has 58 valence electrons. The number of aromatic nitrogens is 3. The van der Waals surface area contributed by atoms with Crippen LogP contribution in [0.3, 0.4) is 0 Å². The third-order valence-electron chi connectivity index (χ3n) is 1.83. The van der Waals surface area contributed by atoms with Crippen molar-refractivity contribution in [3.05, 3.63) is 22.4 Å². The summed E-state index contributed by atoms with van der Waals surface area (Å²) in [7, 11) is 0. The van der Waals surface area contributed by atoms with Crippen LogP contribution >= 0.6 is 0 Å². The Hall–Kier alpha value is -1.32. The third kappa shape index (κ3) is 0.906. The van der Waals surface area contributed by atoms with Gasteiger partial charge in [0.1, 0.15) is 0 Å². The largest absolute Gasteiger partial charge is 0.343 e. The molecule has 1 aromatic rings. The Bertz CT molecular complexity index is 347. The first kappa shape index (κ1) is 6.39. The summed E-state index contributed by atoms with van der Waals surface area (Å²) in [5.41, 5.74) is -0.115. The number of nitrogens with one attached hydrogen (secondary N) is 1. The average Bonchev–Trinajstić information content (AvgIpc) is 2.33. The van der Waals surface area contributed by atoms with Gasteiger partial charge >= 0.3 is 5.69 Å². The summed E-state index contributed by atoms with van der Waals surface area (Å²) in [4.78, 5) is 11.0. The first-order valence-corrected chi connectivity index (χ1v) is 3.61. The van der Waals surface area contributed by atoms with Crippen molar-refractivity contribution in [3.63, 3.8) is 0 Å². The standard InChI is InChI=1S/C7H9N3O/c1-5-2-3-6-8-9-7(11)10(6)4-5/h2-3,5H,4H2,1H3,(H,9,11). The highest BCUT2D eigenvalue weighted by Gasteiger charge is 2.12. The molecule has 0 saturated carbocycles. The molecular formula is C7H9N3O. The molecule has 0 aromatic carbocycles. The molecule has 2 rings (SSSR count). The Kier molecular flexibility index (Phi) is 1.21. The van der Waals surface area contributed by atoms with E-state index in [1.165, 1.54) is 0 Å². The fourth-order valence-electron chi connectivity index (χ4n) is 1.23. The zero-order valence-corrected chi connectivity index (χ0v) is 6.24. The highest BCUT2D eigenvalue weighted by atomic mass is 16.1. The molecule has 0 amide bonds. The fraction of sp³-hybridized carbons (Fsp3) is 0.429. The molecular weight excluding hydrogens is 142 g/mol. The van der Waals surface area contributed by atoms with Gasteiger partial charge in [-0.25, -0.2) is 9.89 Å². The van der Waals surface area contributed by atoms with Crippen LogP contribution in [0.25, 0.3) is 6.08 Å². The predicted molar refractivity (Wildman–Crippen MR) is 41.0 cm³/mol. The lowest BCUT2D eigenvalue weighted by atomic mass is 10.1. The lowest BCUT2D eigenvalue weighted by Crippen LogP contribution is -2.22. The highest BCUT2D eigenvalue weighted by Crippen LogP contribution is 2.10. The molecule has 0 radical (unpaired) electrons. The second-order valence-corrected chi connectivity index (χ2v) is 2.83. The number of H-pyrrole nitrogens is 1. The van der Waals surface area contributed by atoms with Crippen molar-refractivity contribution in [2.45, 2.75) is 13.5 Å². The van der Waals surface area contributed by atoms with Crippen molar-refractivity contribution in [1.82, 2.24) is 14.8 Å². The van der Waals surface area contributed by atoms with Gasteiger partial charge in [-0.15, -0.1) is 0 Å². The molecule has 1 aromatic heterocycles. The van der Waals surface area contributed by atoms with Crippen molar-refractivity contribution in [3.8, 4) is 0 Å². The van der Waals surface area contributed by atoms with Crippen LogP contribution in [0.4, 0.5) is 0 Å². The monoisotopic (exact) mass is 151 g/mol. The second-order valence-electron chi connectivity index (χ2n) is 2.83. The minimum Gasteiger partial charge on any atom is -0.275 e. The lowest BCUT2D eigenvalue weighted by molar-refractivity contribution is 0.542. The number of nitrogens with zero attached hydrogens (tertiary/aromatic N) is 2. The Morgan fingerprint density at radius 2 is 2.64 bits per heavy atom. The summed E-state index contributed by atoms with van der Waals surface area (Å²) in [6.45, 7) is 2.81. The van der Waals surface area contributed by atoms with Gasteiger partial charge in [0.2, 0.25) is 0 Å². The number of hydrogen-bond acceptors (Lipinski definition) is 2. The van der Waals surface area contributed by atoms with E-state index in [4.69, 9.17) is 0 Å². The van der Waals surface area contributed by atoms with Gasteiger partial charge in [0.15, 0.2) is 5.82 Å². The van der Waals surface area contributed by atoms with Crippen molar-refractivity contribution in [2.75, 3.05) is 0 Å². The second kappa shape index (κ2) is 2.08. The van der Waals surface area contributed by atoms with Crippen LogP contribution in [0.1, 0.15) is 12.7 Å². The maximum Gasteiger partial charge on any atom is 0.343 e. The molecule has 1 aliphatic rings. The van der Waals surface area contributed by atoms with E-state index in [9.17, 15) is 4.79 Å². The van der Waals surface area contributed by atoms with E-state index in [-0.39, 0.29) is 5.69 Å². The highest BCUT2D eigenvalue weighted by molar-refractivity contribution is 5.41. The summed E-state index contributed by atoms with van der Waals surface area (Å²) in [6, 6.07) is 0. The van der Waals surface area contributed by atoms with E-state index in [0.717, 1.165) is 12.4 Å². The molecule has 0 fully saturated rings. The van der Waals surface area contributed by atoms with Crippen LogP contribution in [-0.4, -0.2) is 14.8 Å². The van der Waals surface area contributed by atoms with Crippen molar-refractivity contribution >= 4 is 6.08 Å². The van der Waals surface area contributed by atoms with E-state index in [1.807, 2.05) is 6.08 Å². The van der Waals surface area contributed by atoms with Gasteiger partial charge in [-0.05, 0) is 12.0 Å². The molecule has 4 nitrogen and oxygen atoms in total. The third-order valence-corrected chi connectivity index (χ3v) is 1.83. The van der Waals surface area contributed by atoms with Crippen LogP contribution in [0.15, 0.2) is 10.9 Å². The van der Waals surface area contributed by atoms with Gasteiger partial charge in [0.25, 0.3) is 0 Å². The molecule has 11 heavy (non-hydrogen) atoms. The molecule has 0 aliphatic carbocycles. The van der Waals surface area contributed by atoms with Gasteiger partial charge in [0.05, 0.1) is 0 Å². The molecule has 1 atom stereocenters. The molecule has 1 aliphatic heterocycles. The first-order chi connectivity index (χ1) is 5.27. The van der Waals surface area contributed by atoms with Crippen molar-refractivity contribution in [1.29, 1.82) is 0 Å². The number of aromatic amines is 1. The van der Waals surface area contributed by atoms with Gasteiger partial charge in [-0.2, -0.15) is 5.10 Å². The quantitative estimate of drug-likeness (QED) is 0.577. The van der Waals surface area contributed by atoms with Crippen molar-refractivity contribution in [2.24, 2.45) is 5.92 Å². The first-order valence-electron chi connectivity index (χ1n) is 3.61. The number of fused-ring (bicyclic) bond motifs is 1. The van der Waals surface area contributed by atoms with Crippen molar-refractivity contribution < 1.29 is 0 Å². The molecule has 0 saturated heterocycles. The molecule has 1 unspecified atom stereocenters. The van der Waals surface area contributed by atoms with E-state index < -0.39 is 0 Å². The Balaban J connectivity index is 2.57. The van der Waals surface area contributed by atoms with Gasteiger partial charge in [-0.1, -0.05) is 13.0 Å². The Morgan fingerprint density at radius 1 is 1.82 bits per heavy atom. The summed E-state index contributed by atoms with van der Waals surface area (Å²) >= 11 is 0. The normalized spacial score (nSPS) is 21.7. The Morgan fingerprint density at radius 3 is 3.45 bits per heavy atom. The topological polar surface area (TPSA) is 50.7 Å². The smallest absolute Gasteiger partial charge is 0.275 e. The number of rotatable bonds is 0. The maximum absolute atomic E-state index is 11.0.